The Morgan fingerprint density at radius 3 is 2.42 bits per heavy atom. The molecule has 0 aromatic carbocycles. The van der Waals surface area contributed by atoms with Gasteiger partial charge in [0.2, 0.25) is 5.91 Å². The van der Waals surface area contributed by atoms with E-state index in [1.54, 1.807) is 0 Å². The second-order valence-corrected chi connectivity index (χ2v) is 5.86. The lowest BCUT2D eigenvalue weighted by atomic mass is 10.1. The van der Waals surface area contributed by atoms with E-state index in [9.17, 15) is 9.59 Å². The van der Waals surface area contributed by atoms with Crippen molar-refractivity contribution in [1.29, 1.82) is 0 Å². The van der Waals surface area contributed by atoms with Crippen molar-refractivity contribution in [3.63, 3.8) is 0 Å². The minimum absolute atomic E-state index is 0.0811. The van der Waals surface area contributed by atoms with E-state index < -0.39 is 11.7 Å². The molecule has 0 radical (unpaired) electrons. The highest BCUT2D eigenvalue weighted by Gasteiger charge is 2.23. The fraction of sp³-hybridized carbons (Fsp3) is 0.846. The van der Waals surface area contributed by atoms with Crippen LogP contribution in [0.15, 0.2) is 0 Å². The molecule has 1 atom stereocenters. The van der Waals surface area contributed by atoms with Crippen LogP contribution in [0, 0.1) is 5.92 Å². The number of hydrogen-bond acceptors (Lipinski definition) is 4. The molecule has 0 aromatic heterocycles. The van der Waals surface area contributed by atoms with Gasteiger partial charge in [0.15, 0.2) is 0 Å². The van der Waals surface area contributed by atoms with Crippen LogP contribution in [0.25, 0.3) is 0 Å². The van der Waals surface area contributed by atoms with Crippen LogP contribution in [0.2, 0.25) is 0 Å². The third kappa shape index (κ3) is 5.92. The van der Waals surface area contributed by atoms with E-state index in [1.807, 2.05) is 32.6 Å². The minimum Gasteiger partial charge on any atom is -0.444 e. The van der Waals surface area contributed by atoms with Gasteiger partial charge in [0.05, 0.1) is 5.92 Å². The number of nitrogens with zero attached hydrogens (tertiary/aromatic N) is 1. The van der Waals surface area contributed by atoms with Crippen LogP contribution in [0.3, 0.4) is 0 Å². The number of alkyl carbamates (subject to hydrolysis) is 1. The first-order chi connectivity index (χ1) is 8.79. The Bertz CT molecular complexity index is 320. The standard InChI is InChI=1S/C13H25N3O3/c1-10(9-15-12(18)19-13(2,3)4)11(17)16-7-5-14-6-8-16/h10,14H,5-9H2,1-4H3,(H,15,18)/t10-/m0/s1. The summed E-state index contributed by atoms with van der Waals surface area (Å²) in [5.41, 5.74) is -0.518. The molecule has 2 N–H and O–H groups in total. The maximum absolute atomic E-state index is 12.1. The molecule has 0 saturated carbocycles. The first kappa shape index (κ1) is 15.8. The van der Waals surface area contributed by atoms with Crippen molar-refractivity contribution in [2.24, 2.45) is 5.92 Å². The molecule has 1 heterocycles. The summed E-state index contributed by atoms with van der Waals surface area (Å²) >= 11 is 0. The maximum Gasteiger partial charge on any atom is 0.407 e. The van der Waals surface area contributed by atoms with E-state index in [0.29, 0.717) is 6.54 Å². The summed E-state index contributed by atoms with van der Waals surface area (Å²) in [4.78, 5) is 25.4. The van der Waals surface area contributed by atoms with E-state index in [-0.39, 0.29) is 11.8 Å². The summed E-state index contributed by atoms with van der Waals surface area (Å²) in [6, 6.07) is 0. The molecular weight excluding hydrogens is 246 g/mol. The molecule has 2 amide bonds. The van der Waals surface area contributed by atoms with Crippen LogP contribution in [0.4, 0.5) is 4.79 Å². The van der Waals surface area contributed by atoms with Gasteiger partial charge < -0.3 is 20.3 Å². The number of piperazine rings is 1. The number of amides is 2. The Balaban J connectivity index is 2.31. The van der Waals surface area contributed by atoms with Gasteiger partial charge in [0.25, 0.3) is 0 Å². The van der Waals surface area contributed by atoms with Gasteiger partial charge in [-0.05, 0) is 20.8 Å². The molecule has 6 nitrogen and oxygen atoms in total. The highest BCUT2D eigenvalue weighted by molar-refractivity contribution is 5.79. The second kappa shape index (κ2) is 6.75. The van der Waals surface area contributed by atoms with Crippen molar-refractivity contribution >= 4 is 12.0 Å². The van der Waals surface area contributed by atoms with Crippen LogP contribution in [-0.4, -0.2) is 55.2 Å². The molecule has 1 aliphatic rings. The van der Waals surface area contributed by atoms with Crippen molar-refractivity contribution < 1.29 is 14.3 Å². The van der Waals surface area contributed by atoms with Gasteiger partial charge in [-0.2, -0.15) is 0 Å². The fourth-order valence-corrected chi connectivity index (χ4v) is 1.83. The molecule has 0 spiro atoms. The summed E-state index contributed by atoms with van der Waals surface area (Å²) in [7, 11) is 0. The topological polar surface area (TPSA) is 70.7 Å². The van der Waals surface area contributed by atoms with E-state index in [0.717, 1.165) is 26.2 Å². The normalized spacial score (nSPS) is 17.8. The predicted molar refractivity (Wildman–Crippen MR) is 72.9 cm³/mol. The Kier molecular flexibility index (Phi) is 5.60. The number of carbonyl (C=O) groups excluding carboxylic acids is 2. The van der Waals surface area contributed by atoms with Crippen LogP contribution >= 0.6 is 0 Å². The van der Waals surface area contributed by atoms with Crippen molar-refractivity contribution in [3.8, 4) is 0 Å². The van der Waals surface area contributed by atoms with Crippen LogP contribution in [0.5, 0.6) is 0 Å². The molecule has 1 saturated heterocycles. The zero-order chi connectivity index (χ0) is 14.5. The lowest BCUT2D eigenvalue weighted by molar-refractivity contribution is -0.135. The summed E-state index contributed by atoms with van der Waals surface area (Å²) in [5.74, 6) is -0.150. The summed E-state index contributed by atoms with van der Waals surface area (Å²) < 4.78 is 5.13. The zero-order valence-corrected chi connectivity index (χ0v) is 12.3. The number of rotatable bonds is 3. The third-order valence-corrected chi connectivity index (χ3v) is 2.80. The van der Waals surface area contributed by atoms with Crippen molar-refractivity contribution in [2.75, 3.05) is 32.7 Å². The number of ether oxygens (including phenoxy) is 1. The number of carbonyl (C=O) groups is 2. The van der Waals surface area contributed by atoms with E-state index in [1.165, 1.54) is 0 Å². The minimum atomic E-state index is -0.518. The van der Waals surface area contributed by atoms with Gasteiger partial charge in [-0.15, -0.1) is 0 Å². The average Bonchev–Trinajstić information content (AvgIpc) is 2.34. The molecule has 110 valence electrons. The van der Waals surface area contributed by atoms with Crippen molar-refractivity contribution in [3.05, 3.63) is 0 Å². The fourth-order valence-electron chi connectivity index (χ4n) is 1.83. The molecule has 1 aliphatic heterocycles. The van der Waals surface area contributed by atoms with Gasteiger partial charge in [0.1, 0.15) is 5.60 Å². The monoisotopic (exact) mass is 271 g/mol. The molecule has 19 heavy (non-hydrogen) atoms. The largest absolute Gasteiger partial charge is 0.444 e. The van der Waals surface area contributed by atoms with Gasteiger partial charge in [-0.1, -0.05) is 6.92 Å². The molecule has 6 heteroatoms. The lowest BCUT2D eigenvalue weighted by Gasteiger charge is -2.30. The molecule has 0 aliphatic carbocycles. The van der Waals surface area contributed by atoms with Gasteiger partial charge in [-0.3, -0.25) is 4.79 Å². The summed E-state index contributed by atoms with van der Waals surface area (Å²) in [5, 5.41) is 5.84. The Labute approximate surface area is 114 Å². The third-order valence-electron chi connectivity index (χ3n) is 2.80. The molecule has 0 unspecified atom stereocenters. The Morgan fingerprint density at radius 1 is 1.32 bits per heavy atom. The van der Waals surface area contributed by atoms with Crippen LogP contribution < -0.4 is 10.6 Å². The van der Waals surface area contributed by atoms with Crippen molar-refractivity contribution in [1.82, 2.24) is 15.5 Å². The number of hydrogen-bond donors (Lipinski definition) is 2. The van der Waals surface area contributed by atoms with Gasteiger partial charge in [-0.25, -0.2) is 4.79 Å². The second-order valence-electron chi connectivity index (χ2n) is 5.86. The lowest BCUT2D eigenvalue weighted by Crippen LogP contribution is -2.49. The smallest absolute Gasteiger partial charge is 0.407 e. The quantitative estimate of drug-likeness (QED) is 0.787. The predicted octanol–water partition coefficient (Wildman–Crippen LogP) is 0.579. The van der Waals surface area contributed by atoms with Crippen LogP contribution in [0.1, 0.15) is 27.7 Å². The van der Waals surface area contributed by atoms with E-state index in [2.05, 4.69) is 10.6 Å². The van der Waals surface area contributed by atoms with Gasteiger partial charge >= 0.3 is 6.09 Å². The highest BCUT2D eigenvalue weighted by atomic mass is 16.6. The first-order valence-electron chi connectivity index (χ1n) is 6.76. The maximum atomic E-state index is 12.1. The Morgan fingerprint density at radius 2 is 1.89 bits per heavy atom. The average molecular weight is 271 g/mol. The first-order valence-corrected chi connectivity index (χ1v) is 6.76. The zero-order valence-electron chi connectivity index (χ0n) is 12.3. The summed E-state index contributed by atoms with van der Waals surface area (Å²) in [6.45, 7) is 10.7. The van der Waals surface area contributed by atoms with E-state index in [4.69, 9.17) is 4.74 Å². The summed E-state index contributed by atoms with van der Waals surface area (Å²) in [6.07, 6.45) is -0.479. The Hall–Kier alpha value is -1.30. The van der Waals surface area contributed by atoms with Crippen LogP contribution in [-0.2, 0) is 9.53 Å². The molecule has 1 fully saturated rings. The molecule has 0 aromatic rings. The van der Waals surface area contributed by atoms with E-state index >= 15 is 0 Å². The number of nitrogens with one attached hydrogen (secondary N) is 2. The van der Waals surface area contributed by atoms with Gasteiger partial charge in [0, 0.05) is 32.7 Å². The highest BCUT2D eigenvalue weighted by Crippen LogP contribution is 2.07. The SMILES string of the molecule is C[C@@H](CNC(=O)OC(C)(C)C)C(=O)N1CCNCC1. The van der Waals surface area contributed by atoms with Crippen molar-refractivity contribution in [2.45, 2.75) is 33.3 Å². The molecule has 1 rings (SSSR count). The molecule has 0 bridgehead atoms. The molecular formula is C13H25N3O3.